The fourth-order valence-electron chi connectivity index (χ4n) is 1.39. The molecule has 2 heterocycles. The maximum atomic E-state index is 5.81. The first-order valence-electron chi connectivity index (χ1n) is 5.12. The zero-order chi connectivity index (χ0) is 11.4. The number of anilines is 2. The number of aryl methyl sites for hydroxylation is 1. The number of nitrogen functional groups attached to an aromatic ring is 1. The van der Waals surface area contributed by atoms with Crippen molar-refractivity contribution in [2.45, 2.75) is 13.5 Å². The Hall–Kier alpha value is -2.10. The first-order chi connectivity index (χ1) is 7.75. The molecule has 4 heteroatoms. The summed E-state index contributed by atoms with van der Waals surface area (Å²) in [6, 6.07) is 9.54. The molecule has 0 fully saturated rings. The molecule has 0 aliphatic heterocycles. The molecule has 4 nitrogen and oxygen atoms in total. The Morgan fingerprint density at radius 2 is 2.12 bits per heavy atom. The Morgan fingerprint density at radius 1 is 1.25 bits per heavy atom. The number of aromatic nitrogens is 2. The van der Waals surface area contributed by atoms with E-state index in [1.54, 1.807) is 6.20 Å². The van der Waals surface area contributed by atoms with E-state index >= 15 is 0 Å². The van der Waals surface area contributed by atoms with Crippen LogP contribution in [0.5, 0.6) is 0 Å². The summed E-state index contributed by atoms with van der Waals surface area (Å²) in [7, 11) is 0. The lowest BCUT2D eigenvalue weighted by molar-refractivity contribution is 1.02. The standard InChI is InChI=1S/C12H14N4/c1-9-5-6-11(13)12(16-9)15-8-10-4-2-3-7-14-10/h2-7H,8,13H2,1H3,(H,15,16). The molecule has 0 saturated carbocycles. The van der Waals surface area contributed by atoms with Gasteiger partial charge in [0.25, 0.3) is 0 Å². The van der Waals surface area contributed by atoms with Crippen molar-refractivity contribution in [1.82, 2.24) is 9.97 Å². The van der Waals surface area contributed by atoms with Crippen molar-refractivity contribution >= 4 is 11.5 Å². The first kappa shape index (κ1) is 10.4. The molecular weight excluding hydrogens is 200 g/mol. The van der Waals surface area contributed by atoms with Gasteiger partial charge in [-0.05, 0) is 31.2 Å². The van der Waals surface area contributed by atoms with E-state index < -0.39 is 0 Å². The van der Waals surface area contributed by atoms with Gasteiger partial charge in [0.1, 0.15) is 5.82 Å². The Balaban J connectivity index is 2.08. The molecule has 0 unspecified atom stereocenters. The Morgan fingerprint density at radius 3 is 2.88 bits per heavy atom. The highest BCUT2D eigenvalue weighted by Crippen LogP contribution is 2.15. The number of nitrogens with zero attached hydrogens (tertiary/aromatic N) is 2. The Labute approximate surface area is 94.5 Å². The highest BCUT2D eigenvalue weighted by atomic mass is 15.0. The smallest absolute Gasteiger partial charge is 0.149 e. The van der Waals surface area contributed by atoms with Gasteiger partial charge in [0.05, 0.1) is 17.9 Å². The van der Waals surface area contributed by atoms with Crippen molar-refractivity contribution in [3.8, 4) is 0 Å². The maximum absolute atomic E-state index is 5.81. The van der Waals surface area contributed by atoms with Crippen LogP contribution in [0.15, 0.2) is 36.5 Å². The van der Waals surface area contributed by atoms with Crippen molar-refractivity contribution < 1.29 is 0 Å². The van der Waals surface area contributed by atoms with E-state index in [-0.39, 0.29) is 0 Å². The molecule has 82 valence electrons. The van der Waals surface area contributed by atoms with Crippen molar-refractivity contribution in [3.63, 3.8) is 0 Å². The Bertz CT molecular complexity index is 468. The van der Waals surface area contributed by atoms with Crippen molar-refractivity contribution in [3.05, 3.63) is 47.9 Å². The fraction of sp³-hybridized carbons (Fsp3) is 0.167. The molecule has 0 saturated heterocycles. The van der Waals surface area contributed by atoms with E-state index in [0.717, 1.165) is 11.4 Å². The highest BCUT2D eigenvalue weighted by Gasteiger charge is 2.00. The third kappa shape index (κ3) is 2.48. The molecule has 0 atom stereocenters. The van der Waals surface area contributed by atoms with Crippen LogP contribution in [0.1, 0.15) is 11.4 Å². The number of nitrogens with one attached hydrogen (secondary N) is 1. The number of rotatable bonds is 3. The van der Waals surface area contributed by atoms with Gasteiger partial charge in [0.15, 0.2) is 0 Å². The van der Waals surface area contributed by atoms with Gasteiger partial charge in [-0.2, -0.15) is 0 Å². The van der Waals surface area contributed by atoms with E-state index in [9.17, 15) is 0 Å². The molecular formula is C12H14N4. The van der Waals surface area contributed by atoms with Crippen molar-refractivity contribution in [2.24, 2.45) is 0 Å². The normalized spacial score (nSPS) is 10.1. The lowest BCUT2D eigenvalue weighted by atomic mass is 10.3. The molecule has 2 aromatic rings. The zero-order valence-electron chi connectivity index (χ0n) is 9.14. The summed E-state index contributed by atoms with van der Waals surface area (Å²) in [5, 5.41) is 3.17. The summed E-state index contributed by atoms with van der Waals surface area (Å²) in [5.74, 6) is 0.714. The van der Waals surface area contributed by atoms with Crippen LogP contribution in [-0.4, -0.2) is 9.97 Å². The van der Waals surface area contributed by atoms with E-state index in [1.807, 2.05) is 37.3 Å². The molecule has 0 bridgehead atoms. The summed E-state index contributed by atoms with van der Waals surface area (Å²) < 4.78 is 0. The van der Waals surface area contributed by atoms with E-state index in [0.29, 0.717) is 18.1 Å². The van der Waals surface area contributed by atoms with Crippen molar-refractivity contribution in [2.75, 3.05) is 11.1 Å². The van der Waals surface area contributed by atoms with Gasteiger partial charge in [-0.3, -0.25) is 4.98 Å². The second-order valence-corrected chi connectivity index (χ2v) is 3.57. The van der Waals surface area contributed by atoms with E-state index in [2.05, 4.69) is 15.3 Å². The third-order valence-corrected chi connectivity index (χ3v) is 2.23. The van der Waals surface area contributed by atoms with Crippen LogP contribution in [-0.2, 0) is 6.54 Å². The van der Waals surface area contributed by atoms with Gasteiger partial charge in [0, 0.05) is 11.9 Å². The first-order valence-corrected chi connectivity index (χ1v) is 5.12. The van der Waals surface area contributed by atoms with Gasteiger partial charge in [-0.1, -0.05) is 6.07 Å². The monoisotopic (exact) mass is 214 g/mol. The molecule has 0 spiro atoms. The van der Waals surface area contributed by atoms with E-state index in [1.165, 1.54) is 0 Å². The van der Waals surface area contributed by atoms with Gasteiger partial charge in [-0.25, -0.2) is 4.98 Å². The highest BCUT2D eigenvalue weighted by molar-refractivity contribution is 5.61. The molecule has 2 rings (SSSR count). The van der Waals surface area contributed by atoms with E-state index in [4.69, 9.17) is 5.73 Å². The van der Waals surface area contributed by atoms with Crippen LogP contribution >= 0.6 is 0 Å². The van der Waals surface area contributed by atoms with Gasteiger partial charge < -0.3 is 11.1 Å². The average molecular weight is 214 g/mol. The number of hydrogen-bond donors (Lipinski definition) is 2. The fourth-order valence-corrected chi connectivity index (χ4v) is 1.39. The molecule has 0 aliphatic carbocycles. The van der Waals surface area contributed by atoms with Gasteiger partial charge in [-0.15, -0.1) is 0 Å². The summed E-state index contributed by atoms with van der Waals surface area (Å²) in [6.45, 7) is 2.56. The van der Waals surface area contributed by atoms with Gasteiger partial charge in [0.2, 0.25) is 0 Å². The number of pyridine rings is 2. The molecule has 0 aromatic carbocycles. The Kier molecular flexibility index (Phi) is 3.00. The van der Waals surface area contributed by atoms with Crippen LogP contribution in [0.4, 0.5) is 11.5 Å². The minimum Gasteiger partial charge on any atom is -0.396 e. The predicted octanol–water partition coefficient (Wildman–Crippen LogP) is 1.98. The molecule has 2 aromatic heterocycles. The third-order valence-electron chi connectivity index (χ3n) is 2.23. The van der Waals surface area contributed by atoms with Gasteiger partial charge >= 0.3 is 0 Å². The van der Waals surface area contributed by atoms with Crippen LogP contribution in [0, 0.1) is 6.92 Å². The zero-order valence-corrected chi connectivity index (χ0v) is 9.14. The molecule has 0 aliphatic rings. The average Bonchev–Trinajstić information content (AvgIpc) is 2.32. The SMILES string of the molecule is Cc1ccc(N)c(NCc2ccccn2)n1. The van der Waals surface area contributed by atoms with Crippen LogP contribution in [0.3, 0.4) is 0 Å². The number of hydrogen-bond acceptors (Lipinski definition) is 4. The lowest BCUT2D eigenvalue weighted by Gasteiger charge is -2.08. The van der Waals surface area contributed by atoms with Crippen molar-refractivity contribution in [1.29, 1.82) is 0 Å². The largest absolute Gasteiger partial charge is 0.396 e. The number of nitrogens with two attached hydrogens (primary N) is 1. The van der Waals surface area contributed by atoms with Crippen LogP contribution in [0.2, 0.25) is 0 Å². The minimum absolute atomic E-state index is 0.626. The molecule has 16 heavy (non-hydrogen) atoms. The lowest BCUT2D eigenvalue weighted by Crippen LogP contribution is -2.06. The van der Waals surface area contributed by atoms with Crippen LogP contribution in [0.25, 0.3) is 0 Å². The second-order valence-electron chi connectivity index (χ2n) is 3.57. The minimum atomic E-state index is 0.626. The second kappa shape index (κ2) is 4.61. The predicted molar refractivity (Wildman–Crippen MR) is 65.0 cm³/mol. The summed E-state index contributed by atoms with van der Waals surface area (Å²) >= 11 is 0. The molecule has 3 N–H and O–H groups in total. The molecule has 0 radical (unpaired) electrons. The topological polar surface area (TPSA) is 63.8 Å². The summed E-state index contributed by atoms with van der Waals surface area (Å²) in [4.78, 5) is 8.54. The quantitative estimate of drug-likeness (QED) is 0.820. The van der Waals surface area contributed by atoms with Crippen LogP contribution < -0.4 is 11.1 Å². The summed E-state index contributed by atoms with van der Waals surface area (Å²) in [5.41, 5.74) is 8.37. The summed E-state index contributed by atoms with van der Waals surface area (Å²) in [6.07, 6.45) is 1.77. The maximum Gasteiger partial charge on any atom is 0.149 e. The molecule has 0 amide bonds.